The zero-order valence-electron chi connectivity index (χ0n) is 13.9. The van der Waals surface area contributed by atoms with Gasteiger partial charge in [-0.25, -0.2) is 0 Å². The molecule has 3 aromatic rings. The fourth-order valence-electron chi connectivity index (χ4n) is 2.72. The molecular weight excluding hydrogens is 310 g/mol. The van der Waals surface area contributed by atoms with E-state index in [1.54, 1.807) is 12.4 Å². The largest absolute Gasteiger partial charge is 0.330 e. The molecule has 4 nitrogen and oxygen atoms in total. The summed E-state index contributed by atoms with van der Waals surface area (Å²) in [6.07, 6.45) is 4.17. The lowest BCUT2D eigenvalue weighted by molar-refractivity contribution is -0.119. The van der Waals surface area contributed by atoms with Crippen molar-refractivity contribution in [1.82, 2.24) is 4.98 Å². The molecule has 3 rings (SSSR count). The minimum atomic E-state index is -0.248. The summed E-state index contributed by atoms with van der Waals surface area (Å²) in [5.74, 6) is -0.301. The summed E-state index contributed by atoms with van der Waals surface area (Å²) in [5, 5.41) is 2.96. The first-order valence-corrected chi connectivity index (χ1v) is 8.31. The second-order valence-corrected chi connectivity index (χ2v) is 5.92. The topological polar surface area (TPSA) is 68.0 Å². The number of carbonyl (C=O) groups is 1. The van der Waals surface area contributed by atoms with Crippen LogP contribution >= 0.6 is 0 Å². The highest BCUT2D eigenvalue weighted by atomic mass is 16.1. The van der Waals surface area contributed by atoms with E-state index in [0.717, 1.165) is 22.4 Å². The van der Waals surface area contributed by atoms with Crippen LogP contribution in [-0.4, -0.2) is 17.4 Å². The van der Waals surface area contributed by atoms with E-state index in [4.69, 9.17) is 5.73 Å². The van der Waals surface area contributed by atoms with Gasteiger partial charge in [0.05, 0.1) is 5.92 Å². The molecule has 126 valence electrons. The Bertz CT molecular complexity index is 802. The normalized spacial score (nSPS) is 11.7. The number of aromatic nitrogens is 1. The second kappa shape index (κ2) is 8.22. The van der Waals surface area contributed by atoms with Gasteiger partial charge in [0.25, 0.3) is 0 Å². The van der Waals surface area contributed by atoms with Gasteiger partial charge in [0.1, 0.15) is 0 Å². The molecule has 1 aromatic heterocycles. The van der Waals surface area contributed by atoms with E-state index in [0.29, 0.717) is 13.0 Å². The van der Waals surface area contributed by atoms with Gasteiger partial charge in [-0.3, -0.25) is 9.78 Å². The molecule has 0 aliphatic carbocycles. The number of amides is 1. The smallest absolute Gasteiger partial charge is 0.229 e. The molecule has 3 N–H and O–H groups in total. The number of hydrogen-bond acceptors (Lipinski definition) is 3. The highest BCUT2D eigenvalue weighted by Crippen LogP contribution is 2.21. The molecule has 0 saturated carbocycles. The molecule has 25 heavy (non-hydrogen) atoms. The van der Waals surface area contributed by atoms with Gasteiger partial charge < -0.3 is 11.1 Å². The molecule has 2 aromatic carbocycles. The standard InChI is InChI=1S/C21H21N3O/c22-15-19(14-16-4-2-1-3-5-16)21(25)24-20-8-6-17(7-9-20)18-10-12-23-13-11-18/h1-13,19H,14-15,22H2,(H,24,25). The van der Waals surface area contributed by atoms with E-state index in [9.17, 15) is 4.79 Å². The van der Waals surface area contributed by atoms with Crippen molar-refractivity contribution in [3.05, 3.63) is 84.7 Å². The fraction of sp³-hybridized carbons (Fsp3) is 0.143. The van der Waals surface area contributed by atoms with E-state index >= 15 is 0 Å². The zero-order valence-corrected chi connectivity index (χ0v) is 13.9. The van der Waals surface area contributed by atoms with Gasteiger partial charge in [-0.1, -0.05) is 42.5 Å². The van der Waals surface area contributed by atoms with Gasteiger partial charge in [0.2, 0.25) is 5.91 Å². The number of nitrogens with zero attached hydrogens (tertiary/aromatic N) is 1. The minimum Gasteiger partial charge on any atom is -0.330 e. The Labute approximate surface area is 147 Å². The summed E-state index contributed by atoms with van der Waals surface area (Å²) in [4.78, 5) is 16.5. The summed E-state index contributed by atoms with van der Waals surface area (Å²) >= 11 is 0. The minimum absolute atomic E-state index is 0.0528. The predicted octanol–water partition coefficient (Wildman–Crippen LogP) is 3.50. The summed E-state index contributed by atoms with van der Waals surface area (Å²) in [7, 11) is 0. The van der Waals surface area contributed by atoms with Crippen molar-refractivity contribution in [1.29, 1.82) is 0 Å². The SMILES string of the molecule is NCC(Cc1ccccc1)C(=O)Nc1ccc(-c2ccncc2)cc1. The van der Waals surface area contributed by atoms with Crippen molar-refractivity contribution in [2.45, 2.75) is 6.42 Å². The third-order valence-corrected chi connectivity index (χ3v) is 4.15. The van der Waals surface area contributed by atoms with Gasteiger partial charge in [-0.15, -0.1) is 0 Å². The molecule has 0 aliphatic heterocycles. The second-order valence-electron chi connectivity index (χ2n) is 5.92. The molecule has 1 atom stereocenters. The molecule has 0 radical (unpaired) electrons. The van der Waals surface area contributed by atoms with Crippen LogP contribution in [0.2, 0.25) is 0 Å². The van der Waals surface area contributed by atoms with Crippen molar-refractivity contribution in [2.24, 2.45) is 11.7 Å². The number of hydrogen-bond donors (Lipinski definition) is 2. The first-order valence-electron chi connectivity index (χ1n) is 8.31. The van der Waals surface area contributed by atoms with Crippen LogP contribution in [0.15, 0.2) is 79.1 Å². The van der Waals surface area contributed by atoms with Crippen LogP contribution in [0.4, 0.5) is 5.69 Å². The van der Waals surface area contributed by atoms with Gasteiger partial charge >= 0.3 is 0 Å². The molecule has 0 bridgehead atoms. The number of pyridine rings is 1. The predicted molar refractivity (Wildman–Crippen MR) is 101 cm³/mol. The first-order chi connectivity index (χ1) is 12.3. The van der Waals surface area contributed by atoms with Crippen LogP contribution in [0.25, 0.3) is 11.1 Å². The summed E-state index contributed by atoms with van der Waals surface area (Å²) in [6.45, 7) is 0.315. The average Bonchev–Trinajstić information content (AvgIpc) is 2.68. The summed E-state index contributed by atoms with van der Waals surface area (Å²) < 4.78 is 0. The van der Waals surface area contributed by atoms with E-state index in [1.807, 2.05) is 66.7 Å². The zero-order chi connectivity index (χ0) is 17.5. The van der Waals surface area contributed by atoms with Gasteiger partial charge in [0, 0.05) is 24.6 Å². The van der Waals surface area contributed by atoms with E-state index in [1.165, 1.54) is 0 Å². The van der Waals surface area contributed by atoms with Crippen LogP contribution in [-0.2, 0) is 11.2 Å². The molecule has 0 fully saturated rings. The Kier molecular flexibility index (Phi) is 5.54. The molecule has 1 heterocycles. The van der Waals surface area contributed by atoms with Crippen LogP contribution in [0.1, 0.15) is 5.56 Å². The quantitative estimate of drug-likeness (QED) is 0.726. The number of nitrogens with two attached hydrogens (primary N) is 1. The Morgan fingerprint density at radius 3 is 2.20 bits per heavy atom. The number of anilines is 1. The van der Waals surface area contributed by atoms with Crippen molar-refractivity contribution in [3.63, 3.8) is 0 Å². The molecule has 0 saturated heterocycles. The van der Waals surface area contributed by atoms with Crippen molar-refractivity contribution >= 4 is 11.6 Å². The molecule has 0 aliphatic rings. The van der Waals surface area contributed by atoms with Gasteiger partial charge in [-0.05, 0) is 47.4 Å². The number of benzene rings is 2. The average molecular weight is 331 g/mol. The lowest BCUT2D eigenvalue weighted by Crippen LogP contribution is -2.30. The van der Waals surface area contributed by atoms with Gasteiger partial charge in [0.15, 0.2) is 0 Å². The highest BCUT2D eigenvalue weighted by Gasteiger charge is 2.17. The molecular formula is C21H21N3O. The molecule has 1 unspecified atom stereocenters. The monoisotopic (exact) mass is 331 g/mol. The highest BCUT2D eigenvalue weighted by molar-refractivity contribution is 5.93. The molecule has 1 amide bonds. The van der Waals surface area contributed by atoms with Crippen molar-refractivity contribution in [2.75, 3.05) is 11.9 Å². The van der Waals surface area contributed by atoms with E-state index in [2.05, 4.69) is 10.3 Å². The van der Waals surface area contributed by atoms with Crippen LogP contribution in [0.3, 0.4) is 0 Å². The third-order valence-electron chi connectivity index (χ3n) is 4.15. The molecule has 4 heteroatoms. The Morgan fingerprint density at radius 1 is 0.920 bits per heavy atom. The Balaban J connectivity index is 1.65. The van der Waals surface area contributed by atoms with Crippen molar-refractivity contribution in [3.8, 4) is 11.1 Å². The number of rotatable bonds is 6. The first kappa shape index (κ1) is 16.9. The van der Waals surface area contributed by atoms with E-state index < -0.39 is 0 Å². The molecule has 0 spiro atoms. The maximum atomic E-state index is 12.5. The fourth-order valence-corrected chi connectivity index (χ4v) is 2.72. The van der Waals surface area contributed by atoms with Crippen LogP contribution < -0.4 is 11.1 Å². The number of nitrogens with one attached hydrogen (secondary N) is 1. The third kappa shape index (κ3) is 4.52. The van der Waals surface area contributed by atoms with Gasteiger partial charge in [-0.2, -0.15) is 0 Å². The van der Waals surface area contributed by atoms with E-state index in [-0.39, 0.29) is 11.8 Å². The lowest BCUT2D eigenvalue weighted by Gasteiger charge is -2.15. The van der Waals surface area contributed by atoms with Crippen LogP contribution in [0, 0.1) is 5.92 Å². The summed E-state index contributed by atoms with van der Waals surface area (Å²) in [6, 6.07) is 21.6. The lowest BCUT2D eigenvalue weighted by atomic mass is 9.98. The summed E-state index contributed by atoms with van der Waals surface area (Å²) in [5.41, 5.74) is 9.87. The Hall–Kier alpha value is -2.98. The number of carbonyl (C=O) groups excluding carboxylic acids is 1. The maximum absolute atomic E-state index is 12.5. The van der Waals surface area contributed by atoms with Crippen LogP contribution in [0.5, 0.6) is 0 Å². The maximum Gasteiger partial charge on any atom is 0.229 e. The van der Waals surface area contributed by atoms with Crippen molar-refractivity contribution < 1.29 is 4.79 Å². The Morgan fingerprint density at radius 2 is 1.56 bits per heavy atom.